The average Bonchev–Trinajstić information content (AvgIpc) is 3.12. The normalized spacial score (nSPS) is 15.2. The smallest absolute Gasteiger partial charge is 0.191 e. The Balaban J connectivity index is 1.37. The number of aryl methyl sites for hydroxylation is 2. The Labute approximate surface area is 190 Å². The Bertz CT molecular complexity index is 827. The number of aliphatic imine (C=N–C) groups is 1. The number of thiazole rings is 1. The van der Waals surface area contributed by atoms with Crippen LogP contribution in [0.4, 0.5) is 5.69 Å². The molecule has 2 aromatic rings. The number of nitrogens with zero attached hydrogens (tertiary/aromatic N) is 4. The summed E-state index contributed by atoms with van der Waals surface area (Å²) in [6.07, 6.45) is 1.10. The third-order valence-corrected chi connectivity index (χ3v) is 6.54. The summed E-state index contributed by atoms with van der Waals surface area (Å²) in [4.78, 5) is 15.5. The van der Waals surface area contributed by atoms with Crippen LogP contribution in [-0.2, 0) is 6.54 Å². The second-order valence-electron chi connectivity index (χ2n) is 7.74. The maximum Gasteiger partial charge on any atom is 0.191 e. The number of guanidine groups is 1. The van der Waals surface area contributed by atoms with Crippen molar-refractivity contribution in [2.24, 2.45) is 4.99 Å². The minimum Gasteiger partial charge on any atom is -0.497 e. The highest BCUT2D eigenvalue weighted by Gasteiger charge is 2.16. The van der Waals surface area contributed by atoms with Crippen LogP contribution in [0.25, 0.3) is 0 Å². The van der Waals surface area contributed by atoms with Crippen molar-refractivity contribution in [1.29, 1.82) is 0 Å². The van der Waals surface area contributed by atoms with Gasteiger partial charge in [0.2, 0.25) is 0 Å². The summed E-state index contributed by atoms with van der Waals surface area (Å²) < 4.78 is 5.26. The van der Waals surface area contributed by atoms with Gasteiger partial charge in [-0.2, -0.15) is 0 Å². The molecule has 1 aromatic carbocycles. The topological polar surface area (TPSA) is 65.0 Å². The zero-order chi connectivity index (χ0) is 22.1. The predicted octanol–water partition coefficient (Wildman–Crippen LogP) is 3.04. The number of piperazine rings is 1. The lowest BCUT2D eigenvalue weighted by atomic mass is 10.2. The van der Waals surface area contributed by atoms with Crippen molar-refractivity contribution in [2.75, 3.05) is 57.8 Å². The maximum absolute atomic E-state index is 5.26. The van der Waals surface area contributed by atoms with Crippen molar-refractivity contribution >= 4 is 23.0 Å². The third-order valence-electron chi connectivity index (χ3n) is 5.48. The molecule has 0 amide bonds. The summed E-state index contributed by atoms with van der Waals surface area (Å²) in [5.74, 6) is 1.80. The first-order valence-corrected chi connectivity index (χ1v) is 12.0. The van der Waals surface area contributed by atoms with Gasteiger partial charge in [0.15, 0.2) is 5.96 Å². The average molecular weight is 445 g/mol. The molecule has 0 aliphatic carbocycles. The number of anilines is 1. The SMILES string of the molecule is CCNC(=NCc1sc(C)nc1C)NCCCN1CCN(c2ccc(OC)cc2)CC1. The van der Waals surface area contributed by atoms with Gasteiger partial charge in [0, 0.05) is 49.8 Å². The van der Waals surface area contributed by atoms with E-state index in [1.54, 1.807) is 18.4 Å². The molecule has 0 atom stereocenters. The molecule has 3 rings (SSSR count). The highest BCUT2D eigenvalue weighted by atomic mass is 32.1. The Morgan fingerprint density at radius 2 is 1.87 bits per heavy atom. The molecule has 7 nitrogen and oxygen atoms in total. The molecule has 1 fully saturated rings. The summed E-state index contributed by atoms with van der Waals surface area (Å²) >= 11 is 1.73. The molecule has 2 N–H and O–H groups in total. The minimum atomic E-state index is 0.681. The van der Waals surface area contributed by atoms with Crippen molar-refractivity contribution in [3.8, 4) is 5.75 Å². The molecule has 0 bridgehead atoms. The second kappa shape index (κ2) is 11.9. The van der Waals surface area contributed by atoms with Gasteiger partial charge in [-0.3, -0.25) is 4.90 Å². The Kier molecular flexibility index (Phi) is 8.97. The van der Waals surface area contributed by atoms with Crippen LogP contribution in [0.5, 0.6) is 5.75 Å². The molecule has 0 radical (unpaired) electrons. The molecule has 170 valence electrons. The highest BCUT2D eigenvalue weighted by molar-refractivity contribution is 7.11. The first-order valence-electron chi connectivity index (χ1n) is 11.2. The van der Waals surface area contributed by atoms with Crippen LogP contribution < -0.4 is 20.3 Å². The predicted molar refractivity (Wildman–Crippen MR) is 131 cm³/mol. The van der Waals surface area contributed by atoms with Crippen LogP contribution >= 0.6 is 11.3 Å². The minimum absolute atomic E-state index is 0.681. The van der Waals surface area contributed by atoms with Gasteiger partial charge in [-0.1, -0.05) is 0 Å². The van der Waals surface area contributed by atoms with E-state index in [-0.39, 0.29) is 0 Å². The number of ether oxygens (including phenoxy) is 1. The lowest BCUT2D eigenvalue weighted by Crippen LogP contribution is -2.47. The molecule has 1 aromatic heterocycles. The lowest BCUT2D eigenvalue weighted by Gasteiger charge is -2.36. The van der Waals surface area contributed by atoms with E-state index in [0.29, 0.717) is 6.54 Å². The molecule has 8 heteroatoms. The fourth-order valence-electron chi connectivity index (χ4n) is 3.74. The van der Waals surface area contributed by atoms with Crippen molar-refractivity contribution in [1.82, 2.24) is 20.5 Å². The molecule has 2 heterocycles. The van der Waals surface area contributed by atoms with Gasteiger partial charge in [0.1, 0.15) is 5.75 Å². The summed E-state index contributed by atoms with van der Waals surface area (Å²) in [6.45, 7) is 14.1. The van der Waals surface area contributed by atoms with Gasteiger partial charge in [0.05, 0.1) is 24.4 Å². The van der Waals surface area contributed by atoms with Gasteiger partial charge < -0.3 is 20.3 Å². The molecule has 1 aliphatic rings. The van der Waals surface area contributed by atoms with Crippen LogP contribution in [-0.4, -0.2) is 68.8 Å². The van der Waals surface area contributed by atoms with E-state index in [4.69, 9.17) is 9.73 Å². The molecule has 0 saturated carbocycles. The molecular formula is C23H36N6OS. The monoisotopic (exact) mass is 444 g/mol. The molecular weight excluding hydrogens is 408 g/mol. The molecule has 1 aliphatic heterocycles. The Morgan fingerprint density at radius 1 is 1.13 bits per heavy atom. The summed E-state index contributed by atoms with van der Waals surface area (Å²) in [7, 11) is 1.71. The largest absolute Gasteiger partial charge is 0.497 e. The van der Waals surface area contributed by atoms with Crippen molar-refractivity contribution in [3.05, 3.63) is 39.8 Å². The Morgan fingerprint density at radius 3 is 2.48 bits per heavy atom. The van der Waals surface area contributed by atoms with Crippen molar-refractivity contribution in [2.45, 2.75) is 33.7 Å². The quantitative estimate of drug-likeness (QED) is 0.352. The van der Waals surface area contributed by atoms with E-state index in [0.717, 1.165) is 74.6 Å². The van der Waals surface area contributed by atoms with Gasteiger partial charge in [-0.25, -0.2) is 9.98 Å². The zero-order valence-corrected chi connectivity index (χ0v) is 20.1. The van der Waals surface area contributed by atoms with Gasteiger partial charge in [-0.15, -0.1) is 11.3 Å². The molecule has 31 heavy (non-hydrogen) atoms. The fourth-order valence-corrected chi connectivity index (χ4v) is 4.61. The third kappa shape index (κ3) is 7.11. The first-order chi connectivity index (χ1) is 15.1. The summed E-state index contributed by atoms with van der Waals surface area (Å²) in [5.41, 5.74) is 2.37. The van der Waals surface area contributed by atoms with Crippen LogP contribution in [0.3, 0.4) is 0 Å². The Hall–Kier alpha value is -2.32. The van der Waals surface area contributed by atoms with Crippen LogP contribution in [0, 0.1) is 13.8 Å². The summed E-state index contributed by atoms with van der Waals surface area (Å²) in [6, 6.07) is 8.37. The van der Waals surface area contributed by atoms with E-state index in [9.17, 15) is 0 Å². The number of benzene rings is 1. The number of methoxy groups -OCH3 is 1. The van der Waals surface area contributed by atoms with Crippen molar-refractivity contribution in [3.63, 3.8) is 0 Å². The van der Waals surface area contributed by atoms with Gasteiger partial charge >= 0.3 is 0 Å². The number of nitrogens with one attached hydrogen (secondary N) is 2. The van der Waals surface area contributed by atoms with Crippen LogP contribution in [0.15, 0.2) is 29.3 Å². The zero-order valence-electron chi connectivity index (χ0n) is 19.3. The van der Waals surface area contributed by atoms with Gasteiger partial charge in [-0.05, 0) is 58.0 Å². The first kappa shape index (κ1) is 23.3. The van der Waals surface area contributed by atoms with E-state index in [1.165, 1.54) is 10.6 Å². The van der Waals surface area contributed by atoms with Gasteiger partial charge in [0.25, 0.3) is 0 Å². The maximum atomic E-state index is 5.26. The highest BCUT2D eigenvalue weighted by Crippen LogP contribution is 2.20. The molecule has 0 unspecified atom stereocenters. The summed E-state index contributed by atoms with van der Waals surface area (Å²) in [5, 5.41) is 7.92. The lowest BCUT2D eigenvalue weighted by molar-refractivity contribution is 0.255. The molecule has 0 spiro atoms. The second-order valence-corrected chi connectivity index (χ2v) is 9.03. The molecule has 1 saturated heterocycles. The van der Waals surface area contributed by atoms with E-state index < -0.39 is 0 Å². The van der Waals surface area contributed by atoms with E-state index in [1.807, 2.05) is 19.1 Å². The van der Waals surface area contributed by atoms with Crippen molar-refractivity contribution < 1.29 is 4.74 Å². The number of rotatable bonds is 9. The van der Waals surface area contributed by atoms with Crippen LogP contribution in [0.2, 0.25) is 0 Å². The van der Waals surface area contributed by atoms with Crippen LogP contribution in [0.1, 0.15) is 28.9 Å². The number of aromatic nitrogens is 1. The van der Waals surface area contributed by atoms with E-state index >= 15 is 0 Å². The number of hydrogen-bond donors (Lipinski definition) is 2. The standard InChI is InChI=1S/C23H36N6OS/c1-5-24-23(26-17-22-18(2)27-19(3)31-22)25-11-6-12-28-13-15-29(16-14-28)20-7-9-21(30-4)10-8-20/h7-10H,5-6,11-17H2,1-4H3,(H2,24,25,26). The van der Waals surface area contributed by atoms with E-state index in [2.05, 4.69) is 51.4 Å². The number of hydrogen-bond acceptors (Lipinski definition) is 6. The fraction of sp³-hybridized carbons (Fsp3) is 0.565.